The Morgan fingerprint density at radius 2 is 2.06 bits per heavy atom. The zero-order valence-electron chi connectivity index (χ0n) is 11.1. The summed E-state index contributed by atoms with van der Waals surface area (Å²) in [5.41, 5.74) is 0.995. The van der Waals surface area contributed by atoms with Gasteiger partial charge in [0.15, 0.2) is 0 Å². The zero-order chi connectivity index (χ0) is 13.7. The van der Waals surface area contributed by atoms with Gasteiger partial charge in [-0.15, -0.1) is 0 Å². The van der Waals surface area contributed by atoms with Crippen molar-refractivity contribution in [1.82, 2.24) is 4.90 Å². The predicted molar refractivity (Wildman–Crippen MR) is 70.6 cm³/mol. The van der Waals surface area contributed by atoms with Crippen LogP contribution in [0.2, 0.25) is 0 Å². The number of aliphatic carboxylic acids is 1. The van der Waals surface area contributed by atoms with E-state index in [1.54, 1.807) is 25.1 Å². The van der Waals surface area contributed by atoms with E-state index in [9.17, 15) is 9.90 Å². The lowest BCUT2D eigenvalue weighted by molar-refractivity contribution is -0.141. The molecule has 4 nitrogen and oxygen atoms in total. The Labute approximate surface area is 108 Å². The Hall–Kier alpha value is -1.55. The van der Waals surface area contributed by atoms with E-state index in [1.165, 1.54) is 0 Å². The first-order valence-corrected chi connectivity index (χ1v) is 6.21. The number of benzene rings is 1. The Morgan fingerprint density at radius 3 is 2.56 bits per heavy atom. The van der Waals surface area contributed by atoms with E-state index in [0.717, 1.165) is 12.1 Å². The summed E-state index contributed by atoms with van der Waals surface area (Å²) in [6.45, 7) is 7.01. The van der Waals surface area contributed by atoms with Gasteiger partial charge in [0, 0.05) is 12.6 Å². The van der Waals surface area contributed by atoms with E-state index in [4.69, 9.17) is 5.11 Å². The first-order valence-electron chi connectivity index (χ1n) is 6.21. The van der Waals surface area contributed by atoms with Gasteiger partial charge >= 0.3 is 5.97 Å². The van der Waals surface area contributed by atoms with Gasteiger partial charge in [0.1, 0.15) is 5.75 Å². The molecule has 0 radical (unpaired) electrons. The molecule has 0 amide bonds. The van der Waals surface area contributed by atoms with E-state index >= 15 is 0 Å². The minimum Gasteiger partial charge on any atom is -0.508 e. The molecule has 1 rings (SSSR count). The zero-order valence-corrected chi connectivity index (χ0v) is 11.1. The minimum atomic E-state index is -0.781. The molecule has 4 heteroatoms. The number of aromatic hydroxyl groups is 1. The molecule has 0 aliphatic heterocycles. The van der Waals surface area contributed by atoms with Gasteiger partial charge in [-0.05, 0) is 31.2 Å². The van der Waals surface area contributed by atoms with Crippen LogP contribution in [0.25, 0.3) is 0 Å². The van der Waals surface area contributed by atoms with E-state index in [2.05, 4.69) is 4.90 Å². The lowest BCUT2D eigenvalue weighted by atomic mass is 10.0. The van der Waals surface area contributed by atoms with Gasteiger partial charge in [-0.25, -0.2) is 0 Å². The topological polar surface area (TPSA) is 60.8 Å². The highest BCUT2D eigenvalue weighted by Gasteiger charge is 2.20. The maximum absolute atomic E-state index is 10.9. The highest BCUT2D eigenvalue weighted by atomic mass is 16.4. The lowest BCUT2D eigenvalue weighted by Gasteiger charge is -2.29. The number of hydrogen-bond acceptors (Lipinski definition) is 3. The number of carboxylic acid groups (broad SMARTS) is 1. The van der Waals surface area contributed by atoms with Gasteiger partial charge in [0.2, 0.25) is 0 Å². The maximum Gasteiger partial charge on any atom is 0.307 e. The van der Waals surface area contributed by atoms with E-state index in [1.807, 2.05) is 19.9 Å². The third kappa shape index (κ3) is 3.74. The van der Waals surface area contributed by atoms with Crippen molar-refractivity contribution < 1.29 is 15.0 Å². The van der Waals surface area contributed by atoms with Crippen molar-refractivity contribution in [3.63, 3.8) is 0 Å². The first kappa shape index (κ1) is 14.5. The van der Waals surface area contributed by atoms with Gasteiger partial charge in [0.05, 0.1) is 5.92 Å². The second-order valence-corrected chi connectivity index (χ2v) is 4.60. The summed E-state index contributed by atoms with van der Waals surface area (Å²) in [5, 5.41) is 18.4. The second-order valence-electron chi connectivity index (χ2n) is 4.60. The molecular formula is C14H21NO3. The van der Waals surface area contributed by atoms with Gasteiger partial charge in [-0.3, -0.25) is 9.69 Å². The van der Waals surface area contributed by atoms with Crippen molar-refractivity contribution in [3.05, 3.63) is 29.8 Å². The van der Waals surface area contributed by atoms with Crippen LogP contribution < -0.4 is 0 Å². The molecule has 0 saturated carbocycles. The molecule has 0 heterocycles. The van der Waals surface area contributed by atoms with E-state index < -0.39 is 11.9 Å². The molecule has 0 aromatic heterocycles. The normalized spacial score (nSPS) is 14.4. The van der Waals surface area contributed by atoms with Gasteiger partial charge in [-0.1, -0.05) is 26.0 Å². The highest BCUT2D eigenvalue weighted by molar-refractivity contribution is 5.69. The predicted octanol–water partition coefficient (Wildman–Crippen LogP) is 2.50. The Kier molecular flexibility index (Phi) is 5.16. The van der Waals surface area contributed by atoms with Crippen molar-refractivity contribution in [1.29, 1.82) is 0 Å². The highest BCUT2D eigenvalue weighted by Crippen LogP contribution is 2.23. The largest absolute Gasteiger partial charge is 0.508 e. The monoisotopic (exact) mass is 251 g/mol. The molecule has 0 spiro atoms. The average Bonchev–Trinajstić information content (AvgIpc) is 2.34. The number of phenolic OH excluding ortho intramolecular Hbond substituents is 1. The molecular weight excluding hydrogens is 230 g/mol. The third-order valence-electron chi connectivity index (χ3n) is 3.24. The molecule has 100 valence electrons. The fourth-order valence-electron chi connectivity index (χ4n) is 1.99. The van der Waals surface area contributed by atoms with Crippen LogP contribution in [0.15, 0.2) is 24.3 Å². The molecule has 2 N–H and O–H groups in total. The summed E-state index contributed by atoms with van der Waals surface area (Å²) >= 11 is 0. The lowest BCUT2D eigenvalue weighted by Crippen LogP contribution is -2.33. The molecule has 0 aliphatic carbocycles. The number of phenols is 1. The SMILES string of the molecule is CCN(CC(C)C(=O)O)C(C)c1cccc(O)c1. The van der Waals surface area contributed by atoms with Gasteiger partial charge < -0.3 is 10.2 Å². The van der Waals surface area contributed by atoms with Crippen molar-refractivity contribution in [2.75, 3.05) is 13.1 Å². The molecule has 2 atom stereocenters. The van der Waals surface area contributed by atoms with Gasteiger partial charge in [0.25, 0.3) is 0 Å². The number of hydrogen-bond donors (Lipinski definition) is 2. The molecule has 0 saturated heterocycles. The maximum atomic E-state index is 10.9. The average molecular weight is 251 g/mol. The van der Waals surface area contributed by atoms with Crippen molar-refractivity contribution in [2.45, 2.75) is 26.8 Å². The second kappa shape index (κ2) is 6.40. The molecule has 18 heavy (non-hydrogen) atoms. The van der Waals surface area contributed by atoms with Crippen LogP contribution >= 0.6 is 0 Å². The Morgan fingerprint density at radius 1 is 1.39 bits per heavy atom. The summed E-state index contributed by atoms with van der Waals surface area (Å²) in [7, 11) is 0. The van der Waals surface area contributed by atoms with Crippen molar-refractivity contribution in [2.24, 2.45) is 5.92 Å². The standard InChI is InChI=1S/C14H21NO3/c1-4-15(9-10(2)14(17)18)11(3)12-6-5-7-13(16)8-12/h5-8,10-11,16H,4,9H2,1-3H3,(H,17,18). The quantitative estimate of drug-likeness (QED) is 0.815. The Balaban J connectivity index is 2.79. The van der Waals surface area contributed by atoms with Gasteiger partial charge in [-0.2, -0.15) is 0 Å². The fraction of sp³-hybridized carbons (Fsp3) is 0.500. The summed E-state index contributed by atoms with van der Waals surface area (Å²) in [6, 6.07) is 7.18. The molecule has 1 aromatic rings. The van der Waals surface area contributed by atoms with Crippen LogP contribution in [-0.2, 0) is 4.79 Å². The van der Waals surface area contributed by atoms with Crippen LogP contribution in [0.5, 0.6) is 5.75 Å². The van der Waals surface area contributed by atoms with Crippen LogP contribution in [0, 0.1) is 5.92 Å². The van der Waals surface area contributed by atoms with E-state index in [-0.39, 0.29) is 11.8 Å². The summed E-state index contributed by atoms with van der Waals surface area (Å²) in [4.78, 5) is 13.0. The smallest absolute Gasteiger partial charge is 0.307 e. The fourth-order valence-corrected chi connectivity index (χ4v) is 1.99. The third-order valence-corrected chi connectivity index (χ3v) is 3.24. The minimum absolute atomic E-state index is 0.0869. The number of nitrogens with zero attached hydrogens (tertiary/aromatic N) is 1. The number of carboxylic acids is 1. The van der Waals surface area contributed by atoms with Crippen molar-refractivity contribution >= 4 is 5.97 Å². The molecule has 2 unspecified atom stereocenters. The van der Waals surface area contributed by atoms with Crippen LogP contribution in [0.4, 0.5) is 0 Å². The molecule has 0 fully saturated rings. The molecule has 0 aliphatic rings. The van der Waals surface area contributed by atoms with Crippen molar-refractivity contribution in [3.8, 4) is 5.75 Å². The first-order chi connectivity index (χ1) is 8.45. The van der Waals surface area contributed by atoms with E-state index in [0.29, 0.717) is 6.54 Å². The molecule has 0 bridgehead atoms. The van der Waals surface area contributed by atoms with Crippen LogP contribution in [0.3, 0.4) is 0 Å². The number of rotatable bonds is 6. The Bertz CT molecular complexity index is 406. The molecule has 1 aromatic carbocycles. The number of carbonyl (C=O) groups is 1. The van der Waals surface area contributed by atoms with Crippen LogP contribution in [0.1, 0.15) is 32.4 Å². The summed E-state index contributed by atoms with van der Waals surface area (Å²) < 4.78 is 0. The summed E-state index contributed by atoms with van der Waals surface area (Å²) in [6.07, 6.45) is 0. The van der Waals surface area contributed by atoms with Crippen LogP contribution in [-0.4, -0.2) is 34.2 Å². The summed E-state index contributed by atoms with van der Waals surface area (Å²) in [5.74, 6) is -0.942.